The zero-order chi connectivity index (χ0) is 16.8. The van der Waals surface area contributed by atoms with Gasteiger partial charge in [0.1, 0.15) is 0 Å². The Morgan fingerprint density at radius 3 is 2.67 bits per heavy atom. The molecule has 2 aromatic heterocycles. The number of nitrogens with zero attached hydrogens (tertiary/aromatic N) is 4. The molecular formula is C18H20N6. The fourth-order valence-electron chi connectivity index (χ4n) is 2.36. The van der Waals surface area contributed by atoms with Crippen LogP contribution in [0.5, 0.6) is 0 Å². The number of hydrogen-bond acceptors (Lipinski definition) is 6. The highest BCUT2D eigenvalue weighted by atomic mass is 15.3. The molecule has 6 heteroatoms. The van der Waals surface area contributed by atoms with Gasteiger partial charge in [-0.05, 0) is 29.7 Å². The smallest absolute Gasteiger partial charge is 0.249 e. The summed E-state index contributed by atoms with van der Waals surface area (Å²) in [4.78, 5) is 8.73. The Morgan fingerprint density at radius 1 is 1.04 bits per heavy atom. The molecule has 122 valence electrons. The number of rotatable bonds is 6. The van der Waals surface area contributed by atoms with Crippen molar-refractivity contribution in [3.8, 4) is 0 Å². The van der Waals surface area contributed by atoms with Crippen molar-refractivity contribution in [1.29, 1.82) is 0 Å². The SMILES string of the molecule is CC(C)c1ccccc1Nc1nncc(NCc2ccccn2)n1. The Morgan fingerprint density at radius 2 is 1.88 bits per heavy atom. The number of hydrogen-bond donors (Lipinski definition) is 2. The zero-order valence-corrected chi connectivity index (χ0v) is 13.8. The van der Waals surface area contributed by atoms with Crippen molar-refractivity contribution >= 4 is 17.5 Å². The van der Waals surface area contributed by atoms with E-state index in [0.717, 1.165) is 11.4 Å². The molecule has 0 aliphatic rings. The van der Waals surface area contributed by atoms with E-state index in [0.29, 0.717) is 24.2 Å². The molecule has 0 amide bonds. The summed E-state index contributed by atoms with van der Waals surface area (Å²) >= 11 is 0. The van der Waals surface area contributed by atoms with Crippen LogP contribution < -0.4 is 10.6 Å². The van der Waals surface area contributed by atoms with E-state index in [1.54, 1.807) is 12.4 Å². The lowest BCUT2D eigenvalue weighted by Crippen LogP contribution is -2.07. The number of pyridine rings is 1. The van der Waals surface area contributed by atoms with Gasteiger partial charge in [-0.2, -0.15) is 10.1 Å². The van der Waals surface area contributed by atoms with E-state index in [1.165, 1.54) is 5.56 Å². The maximum absolute atomic E-state index is 4.46. The maximum Gasteiger partial charge on any atom is 0.249 e. The fraction of sp³-hybridized carbons (Fsp3) is 0.222. The predicted molar refractivity (Wildman–Crippen MR) is 95.2 cm³/mol. The molecule has 0 saturated heterocycles. The van der Waals surface area contributed by atoms with Gasteiger partial charge in [0.05, 0.1) is 18.4 Å². The van der Waals surface area contributed by atoms with Gasteiger partial charge in [-0.15, -0.1) is 5.10 Å². The molecule has 0 spiro atoms. The third-order valence-electron chi connectivity index (χ3n) is 3.56. The molecule has 0 saturated carbocycles. The van der Waals surface area contributed by atoms with Gasteiger partial charge in [-0.1, -0.05) is 38.1 Å². The summed E-state index contributed by atoms with van der Waals surface area (Å²) in [5, 5.41) is 14.5. The van der Waals surface area contributed by atoms with Crippen LogP contribution in [0.4, 0.5) is 17.5 Å². The molecule has 0 unspecified atom stereocenters. The Labute approximate surface area is 141 Å². The molecule has 2 N–H and O–H groups in total. The number of nitrogens with one attached hydrogen (secondary N) is 2. The fourth-order valence-corrected chi connectivity index (χ4v) is 2.36. The van der Waals surface area contributed by atoms with Gasteiger partial charge >= 0.3 is 0 Å². The van der Waals surface area contributed by atoms with Gasteiger partial charge < -0.3 is 10.6 Å². The minimum Gasteiger partial charge on any atom is -0.363 e. The molecule has 0 aliphatic carbocycles. The standard InChI is InChI=1S/C18H20N6/c1-13(2)15-8-3-4-9-16(15)22-18-23-17(12-21-24-18)20-11-14-7-5-6-10-19-14/h3-10,12-13H,11H2,1-2H3,(H2,20,22,23,24). The van der Waals surface area contributed by atoms with Crippen molar-refractivity contribution < 1.29 is 0 Å². The lowest BCUT2D eigenvalue weighted by atomic mass is 10.0. The first kappa shape index (κ1) is 15.9. The van der Waals surface area contributed by atoms with Crippen LogP contribution in [0.1, 0.15) is 31.0 Å². The molecule has 6 nitrogen and oxygen atoms in total. The van der Waals surface area contributed by atoms with E-state index >= 15 is 0 Å². The molecule has 0 radical (unpaired) electrons. The van der Waals surface area contributed by atoms with Crippen molar-refractivity contribution in [1.82, 2.24) is 20.2 Å². The summed E-state index contributed by atoms with van der Waals surface area (Å²) in [7, 11) is 0. The second kappa shape index (κ2) is 7.50. The predicted octanol–water partition coefficient (Wildman–Crippen LogP) is 3.75. The van der Waals surface area contributed by atoms with E-state index in [4.69, 9.17) is 0 Å². The van der Waals surface area contributed by atoms with E-state index < -0.39 is 0 Å². The summed E-state index contributed by atoms with van der Waals surface area (Å²) in [6.45, 7) is 4.90. The van der Waals surface area contributed by atoms with Gasteiger partial charge in [0.2, 0.25) is 5.95 Å². The zero-order valence-electron chi connectivity index (χ0n) is 13.8. The lowest BCUT2D eigenvalue weighted by Gasteiger charge is -2.13. The molecule has 3 aromatic rings. The lowest BCUT2D eigenvalue weighted by molar-refractivity contribution is 0.867. The molecule has 3 rings (SSSR count). The van der Waals surface area contributed by atoms with Crippen LogP contribution in [0.2, 0.25) is 0 Å². The quantitative estimate of drug-likeness (QED) is 0.720. The average Bonchev–Trinajstić information content (AvgIpc) is 2.61. The number of anilines is 3. The minimum absolute atomic E-state index is 0.409. The summed E-state index contributed by atoms with van der Waals surface area (Å²) in [6.07, 6.45) is 3.37. The minimum atomic E-state index is 0.409. The highest BCUT2D eigenvalue weighted by Gasteiger charge is 2.08. The van der Waals surface area contributed by atoms with E-state index in [1.807, 2.05) is 36.4 Å². The number of benzene rings is 1. The van der Waals surface area contributed by atoms with Crippen LogP contribution in [0.25, 0.3) is 0 Å². The van der Waals surface area contributed by atoms with E-state index in [2.05, 4.69) is 50.7 Å². The van der Waals surface area contributed by atoms with Crippen LogP contribution in [-0.4, -0.2) is 20.2 Å². The first-order chi connectivity index (χ1) is 11.7. The summed E-state index contributed by atoms with van der Waals surface area (Å²) in [6, 6.07) is 14.0. The van der Waals surface area contributed by atoms with Crippen LogP contribution in [-0.2, 0) is 6.54 Å². The van der Waals surface area contributed by atoms with Gasteiger partial charge in [-0.3, -0.25) is 4.98 Å². The first-order valence-electron chi connectivity index (χ1n) is 7.92. The second-order valence-corrected chi connectivity index (χ2v) is 5.71. The number of aromatic nitrogens is 4. The molecule has 0 bridgehead atoms. The monoisotopic (exact) mass is 320 g/mol. The normalized spacial score (nSPS) is 10.6. The molecule has 0 atom stereocenters. The van der Waals surface area contributed by atoms with Gasteiger partial charge in [0.15, 0.2) is 5.82 Å². The second-order valence-electron chi connectivity index (χ2n) is 5.71. The van der Waals surface area contributed by atoms with Crippen molar-refractivity contribution in [2.75, 3.05) is 10.6 Å². The summed E-state index contributed by atoms with van der Waals surface area (Å²) in [5.41, 5.74) is 3.15. The van der Waals surface area contributed by atoms with Crippen LogP contribution >= 0.6 is 0 Å². The van der Waals surface area contributed by atoms with E-state index in [9.17, 15) is 0 Å². The first-order valence-corrected chi connectivity index (χ1v) is 7.92. The highest BCUT2D eigenvalue weighted by molar-refractivity contribution is 5.59. The average molecular weight is 320 g/mol. The third-order valence-corrected chi connectivity index (χ3v) is 3.56. The molecule has 0 fully saturated rings. The number of para-hydroxylation sites is 1. The molecule has 24 heavy (non-hydrogen) atoms. The van der Waals surface area contributed by atoms with Crippen LogP contribution in [0, 0.1) is 0 Å². The molecule has 0 aliphatic heterocycles. The van der Waals surface area contributed by atoms with Crippen molar-refractivity contribution in [3.63, 3.8) is 0 Å². The van der Waals surface area contributed by atoms with Crippen molar-refractivity contribution in [2.24, 2.45) is 0 Å². The van der Waals surface area contributed by atoms with E-state index in [-0.39, 0.29) is 0 Å². The Bertz CT molecular complexity index is 788. The topological polar surface area (TPSA) is 75.6 Å². The Hall–Kier alpha value is -3.02. The maximum atomic E-state index is 4.46. The van der Waals surface area contributed by atoms with Gasteiger partial charge in [-0.25, -0.2) is 0 Å². The molecular weight excluding hydrogens is 300 g/mol. The van der Waals surface area contributed by atoms with Crippen LogP contribution in [0.3, 0.4) is 0 Å². The Kier molecular flexibility index (Phi) is 4.96. The van der Waals surface area contributed by atoms with Crippen molar-refractivity contribution in [3.05, 3.63) is 66.1 Å². The van der Waals surface area contributed by atoms with Crippen LogP contribution in [0.15, 0.2) is 54.9 Å². The molecule has 1 aromatic carbocycles. The third kappa shape index (κ3) is 4.04. The van der Waals surface area contributed by atoms with Gasteiger partial charge in [0, 0.05) is 11.9 Å². The Balaban J connectivity index is 1.72. The largest absolute Gasteiger partial charge is 0.363 e. The summed E-state index contributed by atoms with van der Waals surface area (Å²) in [5.74, 6) is 1.53. The summed E-state index contributed by atoms with van der Waals surface area (Å²) < 4.78 is 0. The molecule has 2 heterocycles. The van der Waals surface area contributed by atoms with Gasteiger partial charge in [0.25, 0.3) is 0 Å². The highest BCUT2D eigenvalue weighted by Crippen LogP contribution is 2.25. The van der Waals surface area contributed by atoms with Crippen molar-refractivity contribution in [2.45, 2.75) is 26.3 Å².